The van der Waals surface area contributed by atoms with Gasteiger partial charge < -0.3 is 20.9 Å². The van der Waals surface area contributed by atoms with E-state index in [1.165, 1.54) is 22.1 Å². The molecule has 5 aromatic rings. The Morgan fingerprint density at radius 2 is 1.89 bits per heavy atom. The van der Waals surface area contributed by atoms with Gasteiger partial charge in [-0.25, -0.2) is 0 Å². The standard InChI is InChI=1S/C29H34N8/c1-18(2)24-17-32-37-27(24)34-29(36-12-10-22(30)11-13-36)35-28(37)31-16-21-9-8-19(3)14-23(21)26-15-20-6-4-5-7-25(20)33-26/h4-9,14-15,17-18,22,33H,10-13,16,30H2,1-3H3,(H,31,34,35). The lowest BCUT2D eigenvalue weighted by Crippen LogP contribution is -2.40. The van der Waals surface area contributed by atoms with Crippen molar-refractivity contribution in [2.45, 2.75) is 52.1 Å². The number of rotatable bonds is 6. The molecule has 0 aliphatic carbocycles. The van der Waals surface area contributed by atoms with Gasteiger partial charge in [-0.05, 0) is 49.4 Å². The minimum Gasteiger partial charge on any atom is -0.355 e. The van der Waals surface area contributed by atoms with Crippen molar-refractivity contribution >= 4 is 28.4 Å². The van der Waals surface area contributed by atoms with Crippen molar-refractivity contribution in [3.63, 3.8) is 0 Å². The summed E-state index contributed by atoms with van der Waals surface area (Å²) in [6, 6.07) is 17.4. The fourth-order valence-corrected chi connectivity index (χ4v) is 5.13. The van der Waals surface area contributed by atoms with E-state index in [0.29, 0.717) is 18.4 Å². The minimum atomic E-state index is 0.253. The van der Waals surface area contributed by atoms with Crippen LogP contribution in [0, 0.1) is 6.92 Å². The zero-order valence-corrected chi connectivity index (χ0v) is 21.7. The van der Waals surface area contributed by atoms with E-state index in [1.807, 2.05) is 10.7 Å². The SMILES string of the molecule is Cc1ccc(CNc2nc(N3CCC(N)CC3)nc3c(C(C)C)cnn23)c(-c2cc3ccccc3[nH]2)c1. The predicted molar refractivity (Wildman–Crippen MR) is 150 cm³/mol. The maximum Gasteiger partial charge on any atom is 0.230 e. The number of nitrogens with zero attached hydrogens (tertiary/aromatic N) is 5. The molecule has 0 amide bonds. The molecule has 8 nitrogen and oxygen atoms in total. The number of aromatic amines is 1. The lowest BCUT2D eigenvalue weighted by atomic mass is 10.0. The molecular weight excluding hydrogens is 460 g/mol. The topological polar surface area (TPSA) is 100 Å². The van der Waals surface area contributed by atoms with E-state index in [0.717, 1.165) is 54.3 Å². The van der Waals surface area contributed by atoms with E-state index in [9.17, 15) is 0 Å². The summed E-state index contributed by atoms with van der Waals surface area (Å²) >= 11 is 0. The number of hydrogen-bond acceptors (Lipinski definition) is 6. The molecule has 4 heterocycles. The smallest absolute Gasteiger partial charge is 0.230 e. The molecule has 0 radical (unpaired) electrons. The number of para-hydroxylation sites is 1. The maximum absolute atomic E-state index is 6.16. The van der Waals surface area contributed by atoms with Crippen LogP contribution in [-0.4, -0.2) is 43.7 Å². The number of H-pyrrole nitrogens is 1. The van der Waals surface area contributed by atoms with E-state index >= 15 is 0 Å². The third-order valence-corrected chi connectivity index (χ3v) is 7.35. The van der Waals surface area contributed by atoms with Gasteiger partial charge in [0.1, 0.15) is 0 Å². The van der Waals surface area contributed by atoms with Crippen LogP contribution in [0.25, 0.3) is 27.8 Å². The molecule has 0 atom stereocenters. The fourth-order valence-electron chi connectivity index (χ4n) is 5.13. The molecule has 0 spiro atoms. The van der Waals surface area contributed by atoms with Gasteiger partial charge >= 0.3 is 0 Å². The van der Waals surface area contributed by atoms with Crippen molar-refractivity contribution in [1.82, 2.24) is 24.6 Å². The van der Waals surface area contributed by atoms with Crippen LogP contribution in [0.2, 0.25) is 0 Å². The summed E-state index contributed by atoms with van der Waals surface area (Å²) < 4.78 is 1.84. The van der Waals surface area contributed by atoms with Crippen LogP contribution in [0.5, 0.6) is 0 Å². The molecule has 3 aromatic heterocycles. The van der Waals surface area contributed by atoms with Crippen LogP contribution < -0.4 is 16.0 Å². The first-order chi connectivity index (χ1) is 18.0. The number of anilines is 2. The summed E-state index contributed by atoms with van der Waals surface area (Å²) in [5.74, 6) is 1.75. The van der Waals surface area contributed by atoms with Crippen LogP contribution in [0.15, 0.2) is 54.7 Å². The van der Waals surface area contributed by atoms with Gasteiger partial charge in [-0.2, -0.15) is 19.6 Å². The predicted octanol–water partition coefficient (Wildman–Crippen LogP) is 5.24. The van der Waals surface area contributed by atoms with E-state index in [1.54, 1.807) is 0 Å². The Labute approximate surface area is 216 Å². The highest BCUT2D eigenvalue weighted by atomic mass is 15.4. The number of benzene rings is 2. The lowest BCUT2D eigenvalue weighted by Gasteiger charge is -2.30. The van der Waals surface area contributed by atoms with Gasteiger partial charge in [0.05, 0.1) is 6.20 Å². The van der Waals surface area contributed by atoms with Gasteiger partial charge in [-0.15, -0.1) is 0 Å². The number of nitrogens with one attached hydrogen (secondary N) is 2. The van der Waals surface area contributed by atoms with Gasteiger partial charge in [0, 0.05) is 53.4 Å². The zero-order chi connectivity index (χ0) is 25.5. The third kappa shape index (κ3) is 4.53. The number of piperidine rings is 1. The molecule has 4 N–H and O–H groups in total. The average Bonchev–Trinajstić information content (AvgIpc) is 3.53. The van der Waals surface area contributed by atoms with Crippen LogP contribution in [0.1, 0.15) is 49.3 Å². The summed E-state index contributed by atoms with van der Waals surface area (Å²) in [6.45, 7) is 8.81. The van der Waals surface area contributed by atoms with E-state index in [2.05, 4.69) is 89.6 Å². The maximum atomic E-state index is 6.16. The molecule has 190 valence electrons. The normalized spacial score (nSPS) is 14.8. The second kappa shape index (κ2) is 9.52. The number of fused-ring (bicyclic) bond motifs is 2. The van der Waals surface area contributed by atoms with Crippen molar-refractivity contribution in [2.24, 2.45) is 5.73 Å². The minimum absolute atomic E-state index is 0.253. The molecule has 37 heavy (non-hydrogen) atoms. The molecule has 0 saturated carbocycles. The summed E-state index contributed by atoms with van der Waals surface area (Å²) in [4.78, 5) is 15.7. The molecule has 1 saturated heterocycles. The number of nitrogens with two attached hydrogens (primary N) is 1. The van der Waals surface area contributed by atoms with Crippen molar-refractivity contribution in [3.8, 4) is 11.3 Å². The van der Waals surface area contributed by atoms with Crippen LogP contribution >= 0.6 is 0 Å². The highest BCUT2D eigenvalue weighted by Crippen LogP contribution is 2.29. The van der Waals surface area contributed by atoms with Crippen molar-refractivity contribution in [2.75, 3.05) is 23.3 Å². The molecule has 2 aromatic carbocycles. The monoisotopic (exact) mass is 494 g/mol. The van der Waals surface area contributed by atoms with Gasteiger partial charge in [0.15, 0.2) is 5.65 Å². The Bertz CT molecular complexity index is 1520. The Morgan fingerprint density at radius 3 is 2.68 bits per heavy atom. The molecule has 1 fully saturated rings. The van der Waals surface area contributed by atoms with Crippen LogP contribution in [0.4, 0.5) is 11.9 Å². The largest absolute Gasteiger partial charge is 0.355 e. The van der Waals surface area contributed by atoms with Gasteiger partial charge in [0.2, 0.25) is 11.9 Å². The van der Waals surface area contributed by atoms with Crippen LogP contribution in [-0.2, 0) is 6.54 Å². The number of aromatic nitrogens is 5. The Hall–Kier alpha value is -3.91. The summed E-state index contributed by atoms with van der Waals surface area (Å²) in [5.41, 5.74) is 14.0. The number of hydrogen-bond donors (Lipinski definition) is 3. The second-order valence-electron chi connectivity index (χ2n) is 10.4. The van der Waals surface area contributed by atoms with Gasteiger partial charge in [-0.1, -0.05) is 49.7 Å². The van der Waals surface area contributed by atoms with E-state index in [-0.39, 0.29) is 6.04 Å². The van der Waals surface area contributed by atoms with Crippen molar-refractivity contribution in [1.29, 1.82) is 0 Å². The third-order valence-electron chi connectivity index (χ3n) is 7.35. The summed E-state index contributed by atoms with van der Waals surface area (Å²) in [5, 5.41) is 9.46. The molecule has 8 heteroatoms. The Balaban J connectivity index is 1.36. The molecule has 1 aliphatic rings. The first-order valence-electron chi connectivity index (χ1n) is 13.1. The Morgan fingerprint density at radius 1 is 1.08 bits per heavy atom. The fraction of sp³-hybridized carbons (Fsp3) is 0.345. The summed E-state index contributed by atoms with van der Waals surface area (Å²) in [7, 11) is 0. The first-order valence-corrected chi connectivity index (χ1v) is 13.1. The van der Waals surface area contributed by atoms with Crippen molar-refractivity contribution in [3.05, 3.63) is 71.4 Å². The van der Waals surface area contributed by atoms with E-state index < -0.39 is 0 Å². The van der Waals surface area contributed by atoms with E-state index in [4.69, 9.17) is 15.7 Å². The van der Waals surface area contributed by atoms with Gasteiger partial charge in [0.25, 0.3) is 0 Å². The zero-order valence-electron chi connectivity index (χ0n) is 21.7. The quantitative estimate of drug-likeness (QED) is 0.298. The van der Waals surface area contributed by atoms with Crippen LogP contribution in [0.3, 0.4) is 0 Å². The Kier molecular flexibility index (Phi) is 6.04. The molecule has 0 bridgehead atoms. The van der Waals surface area contributed by atoms with Crippen molar-refractivity contribution < 1.29 is 0 Å². The highest BCUT2D eigenvalue weighted by Gasteiger charge is 2.22. The second-order valence-corrected chi connectivity index (χ2v) is 10.4. The molecule has 1 aliphatic heterocycles. The molecular formula is C29H34N8. The lowest BCUT2D eigenvalue weighted by molar-refractivity contribution is 0.495. The first kappa shape index (κ1) is 23.5. The highest BCUT2D eigenvalue weighted by molar-refractivity contribution is 5.86. The number of aryl methyl sites for hydroxylation is 1. The van der Waals surface area contributed by atoms with Gasteiger partial charge in [-0.3, -0.25) is 0 Å². The average molecular weight is 495 g/mol. The summed E-state index contributed by atoms with van der Waals surface area (Å²) in [6.07, 6.45) is 3.81. The molecule has 6 rings (SSSR count). The molecule has 0 unspecified atom stereocenters.